The molecule has 1 aromatic heterocycles. The molecule has 4 fully saturated rings. The van der Waals surface area contributed by atoms with Gasteiger partial charge in [0.2, 0.25) is 0 Å². The molecule has 4 aliphatic carbocycles. The summed E-state index contributed by atoms with van der Waals surface area (Å²) in [6.07, 6.45) is 7.86. The van der Waals surface area contributed by atoms with Crippen LogP contribution in [0.3, 0.4) is 0 Å². The highest BCUT2D eigenvalue weighted by molar-refractivity contribution is 5.68. The third kappa shape index (κ3) is 1.38. The molecule has 1 aliphatic heterocycles. The zero-order valence-corrected chi connectivity index (χ0v) is 13.6. The molecule has 4 saturated carbocycles. The Hall–Kier alpha value is -1.65. The first-order valence-electron chi connectivity index (χ1n) is 9.13. The van der Waals surface area contributed by atoms with Crippen LogP contribution >= 0.6 is 0 Å². The van der Waals surface area contributed by atoms with E-state index in [0.29, 0.717) is 18.3 Å². The Morgan fingerprint density at radius 3 is 2.62 bits per heavy atom. The average molecular weight is 322 g/mol. The van der Waals surface area contributed by atoms with Crippen molar-refractivity contribution in [1.82, 2.24) is 9.55 Å². The molecule has 7 rings (SSSR count). The van der Waals surface area contributed by atoms with Gasteiger partial charge in [-0.25, -0.2) is 4.98 Å². The lowest BCUT2D eigenvalue weighted by molar-refractivity contribution is -0.107. The number of benzene rings is 1. The molecule has 4 bridgehead atoms. The van der Waals surface area contributed by atoms with Gasteiger partial charge >= 0.3 is 0 Å². The van der Waals surface area contributed by atoms with Gasteiger partial charge in [-0.2, -0.15) is 0 Å². The minimum absolute atomic E-state index is 0.128. The Morgan fingerprint density at radius 2 is 1.92 bits per heavy atom. The summed E-state index contributed by atoms with van der Waals surface area (Å²) in [5, 5.41) is 22.4. The number of hydrogen-bond acceptors (Lipinski definition) is 3. The average Bonchev–Trinajstić information content (AvgIpc) is 3.33. The van der Waals surface area contributed by atoms with Gasteiger partial charge in [0, 0.05) is 11.0 Å². The standard InChI is InChI=1S/C20H22N2O2/c23-18(19-6-12-8-20(19,24)9-13(12)7-19)5-16-14-3-1-2-4-15(14)17-10-21-11-22(16)17/h1-4,10-13,16,18,23-24H,5-9H2. The van der Waals surface area contributed by atoms with Crippen molar-refractivity contribution < 1.29 is 10.2 Å². The van der Waals surface area contributed by atoms with E-state index in [1.807, 2.05) is 12.5 Å². The number of fused-ring (bicyclic) bond motifs is 3. The minimum Gasteiger partial charge on any atom is -0.392 e. The summed E-state index contributed by atoms with van der Waals surface area (Å²) < 4.78 is 2.19. The smallest absolute Gasteiger partial charge is 0.0956 e. The third-order valence-electron chi connectivity index (χ3n) is 7.73. The molecule has 2 heterocycles. The van der Waals surface area contributed by atoms with Crippen LogP contribution in [-0.2, 0) is 0 Å². The number of aromatic nitrogens is 2. The van der Waals surface area contributed by atoms with Gasteiger partial charge in [-0.3, -0.25) is 0 Å². The molecule has 2 aromatic rings. The lowest BCUT2D eigenvalue weighted by atomic mass is 9.70. The van der Waals surface area contributed by atoms with E-state index < -0.39 is 11.7 Å². The zero-order valence-electron chi connectivity index (χ0n) is 13.6. The molecule has 4 atom stereocenters. The highest BCUT2D eigenvalue weighted by atomic mass is 16.3. The van der Waals surface area contributed by atoms with E-state index in [4.69, 9.17) is 0 Å². The molecule has 24 heavy (non-hydrogen) atoms. The van der Waals surface area contributed by atoms with E-state index in [1.165, 1.54) is 11.1 Å². The van der Waals surface area contributed by atoms with Crippen molar-refractivity contribution in [3.63, 3.8) is 0 Å². The number of rotatable bonds is 3. The Bertz CT molecular complexity index is 828. The molecule has 4 heteroatoms. The predicted molar refractivity (Wildman–Crippen MR) is 89.3 cm³/mol. The topological polar surface area (TPSA) is 58.3 Å². The molecule has 0 saturated heterocycles. The maximum absolute atomic E-state index is 11.2. The van der Waals surface area contributed by atoms with Crippen molar-refractivity contribution in [3.05, 3.63) is 42.4 Å². The molecule has 0 amide bonds. The van der Waals surface area contributed by atoms with Crippen LogP contribution in [0.4, 0.5) is 0 Å². The van der Waals surface area contributed by atoms with Crippen molar-refractivity contribution in [2.75, 3.05) is 0 Å². The molecular formula is C20H22N2O2. The molecule has 4 nitrogen and oxygen atoms in total. The van der Waals surface area contributed by atoms with Gasteiger partial charge < -0.3 is 14.8 Å². The van der Waals surface area contributed by atoms with Gasteiger partial charge in [-0.1, -0.05) is 24.3 Å². The summed E-state index contributed by atoms with van der Waals surface area (Å²) in [7, 11) is 0. The second-order valence-electron chi connectivity index (χ2n) is 8.57. The van der Waals surface area contributed by atoms with Crippen molar-refractivity contribution in [1.29, 1.82) is 0 Å². The highest BCUT2D eigenvalue weighted by Gasteiger charge is 2.73. The predicted octanol–water partition coefficient (Wildman–Crippen LogP) is 2.76. The lowest BCUT2D eigenvalue weighted by Gasteiger charge is -2.41. The Labute approximate surface area is 141 Å². The molecule has 0 spiro atoms. The first-order chi connectivity index (χ1) is 11.6. The molecule has 124 valence electrons. The monoisotopic (exact) mass is 322 g/mol. The summed E-state index contributed by atoms with van der Waals surface area (Å²) >= 11 is 0. The van der Waals surface area contributed by atoms with Crippen LogP contribution in [-0.4, -0.2) is 31.5 Å². The van der Waals surface area contributed by atoms with E-state index in [9.17, 15) is 10.2 Å². The Kier molecular flexibility index (Phi) is 2.34. The summed E-state index contributed by atoms with van der Waals surface area (Å²) in [6.45, 7) is 0. The molecular weight excluding hydrogens is 300 g/mol. The SMILES string of the molecule is OC(CC1c2ccccc2-c2cncn21)C12CC3CC1(O)CC3C2. The Balaban J connectivity index is 1.38. The molecule has 1 aromatic carbocycles. The van der Waals surface area contributed by atoms with Crippen LogP contribution in [0.15, 0.2) is 36.8 Å². The Morgan fingerprint density at radius 1 is 1.17 bits per heavy atom. The summed E-state index contributed by atoms with van der Waals surface area (Å²) in [6, 6.07) is 8.56. The van der Waals surface area contributed by atoms with Crippen molar-refractivity contribution in [2.24, 2.45) is 17.3 Å². The summed E-state index contributed by atoms with van der Waals surface area (Å²) in [5.41, 5.74) is 2.76. The van der Waals surface area contributed by atoms with E-state index in [0.717, 1.165) is 31.4 Å². The van der Waals surface area contributed by atoms with Gasteiger partial charge in [0.25, 0.3) is 0 Å². The van der Waals surface area contributed by atoms with Crippen LogP contribution in [0, 0.1) is 17.3 Å². The van der Waals surface area contributed by atoms with E-state index >= 15 is 0 Å². The van der Waals surface area contributed by atoms with E-state index in [-0.39, 0.29) is 11.5 Å². The van der Waals surface area contributed by atoms with Gasteiger partial charge in [0.1, 0.15) is 0 Å². The largest absolute Gasteiger partial charge is 0.392 e. The molecule has 4 unspecified atom stereocenters. The maximum atomic E-state index is 11.2. The molecule has 5 aliphatic rings. The second kappa shape index (κ2) is 4.12. The van der Waals surface area contributed by atoms with E-state index in [2.05, 4.69) is 33.8 Å². The zero-order chi connectivity index (χ0) is 16.1. The normalized spacial score (nSPS) is 41.8. The quantitative estimate of drug-likeness (QED) is 0.913. The minimum atomic E-state index is -0.613. The molecule has 2 N–H and O–H groups in total. The first-order valence-corrected chi connectivity index (χ1v) is 9.13. The number of hydrogen-bond donors (Lipinski definition) is 2. The van der Waals surface area contributed by atoms with Gasteiger partial charge in [0.15, 0.2) is 0 Å². The summed E-state index contributed by atoms with van der Waals surface area (Å²) in [4.78, 5) is 4.31. The van der Waals surface area contributed by atoms with Crippen LogP contribution in [0.1, 0.15) is 43.7 Å². The third-order valence-corrected chi connectivity index (χ3v) is 7.73. The van der Waals surface area contributed by atoms with Crippen LogP contribution in [0.25, 0.3) is 11.3 Å². The van der Waals surface area contributed by atoms with Gasteiger partial charge in [-0.15, -0.1) is 0 Å². The number of imidazole rings is 1. The van der Waals surface area contributed by atoms with Gasteiger partial charge in [-0.05, 0) is 49.5 Å². The lowest BCUT2D eigenvalue weighted by Crippen LogP contribution is -2.48. The molecule has 0 radical (unpaired) electrons. The number of aliphatic hydroxyl groups is 2. The number of aliphatic hydroxyl groups excluding tert-OH is 1. The first kappa shape index (κ1) is 13.6. The van der Waals surface area contributed by atoms with E-state index in [1.54, 1.807) is 0 Å². The second-order valence-corrected chi connectivity index (χ2v) is 8.57. The fourth-order valence-corrected chi connectivity index (χ4v) is 6.76. The highest BCUT2D eigenvalue weighted by Crippen LogP contribution is 2.73. The van der Waals surface area contributed by atoms with Crippen molar-refractivity contribution >= 4 is 0 Å². The van der Waals surface area contributed by atoms with Gasteiger partial charge in [0.05, 0.1) is 36.0 Å². The fourth-order valence-electron chi connectivity index (χ4n) is 6.76. The maximum Gasteiger partial charge on any atom is 0.0956 e. The summed E-state index contributed by atoms with van der Waals surface area (Å²) in [5.74, 6) is 1.29. The van der Waals surface area contributed by atoms with Crippen LogP contribution in [0.2, 0.25) is 0 Å². The number of nitrogens with zero attached hydrogens (tertiary/aromatic N) is 2. The van der Waals surface area contributed by atoms with Crippen molar-refractivity contribution in [3.8, 4) is 11.3 Å². The van der Waals surface area contributed by atoms with Crippen LogP contribution in [0.5, 0.6) is 0 Å². The van der Waals surface area contributed by atoms with Crippen molar-refractivity contribution in [2.45, 2.75) is 49.9 Å². The van der Waals surface area contributed by atoms with Crippen LogP contribution < -0.4 is 0 Å². The fraction of sp³-hybridized carbons (Fsp3) is 0.550.